The van der Waals surface area contributed by atoms with Crippen molar-refractivity contribution in [3.63, 3.8) is 0 Å². The Morgan fingerprint density at radius 3 is 1.37 bits per heavy atom. The Kier molecular flexibility index (Phi) is 39.4. The smallest absolute Gasteiger partial charge is 0.306 e. The largest absolute Gasteiger partial charge is 0.481 e. The van der Waals surface area contributed by atoms with Crippen molar-refractivity contribution in [2.24, 2.45) is 5.92 Å². The molecule has 0 aromatic carbocycles. The van der Waals surface area contributed by atoms with E-state index < -0.39 is 17.9 Å². The van der Waals surface area contributed by atoms with Gasteiger partial charge in [-0.1, -0.05) is 90.4 Å². The number of hydrogen-bond donors (Lipinski definition) is 3. The molecule has 0 rings (SSSR count). The van der Waals surface area contributed by atoms with Crippen molar-refractivity contribution in [1.82, 2.24) is 5.32 Å². The average Bonchev–Trinajstić information content (AvgIpc) is 3.18. The van der Waals surface area contributed by atoms with Gasteiger partial charge in [0.1, 0.15) is 17.3 Å². The number of aliphatic carboxylic acids is 2. The van der Waals surface area contributed by atoms with E-state index in [1.165, 1.54) is 51.4 Å². The van der Waals surface area contributed by atoms with Crippen LogP contribution in [0.25, 0.3) is 0 Å². The highest BCUT2D eigenvalue weighted by molar-refractivity contribution is 5.83. The molecule has 0 heterocycles. The van der Waals surface area contributed by atoms with Gasteiger partial charge in [-0.25, -0.2) is 0 Å². The minimum Gasteiger partial charge on any atom is -0.481 e. The van der Waals surface area contributed by atoms with Gasteiger partial charge in [-0.3, -0.25) is 28.8 Å². The number of carboxylic acids is 2. The Morgan fingerprint density at radius 1 is 0.439 bits per heavy atom. The van der Waals surface area contributed by atoms with Gasteiger partial charge >= 0.3 is 11.9 Å². The van der Waals surface area contributed by atoms with Crippen molar-refractivity contribution in [3.8, 4) is 0 Å². The molecule has 0 aromatic rings. The summed E-state index contributed by atoms with van der Waals surface area (Å²) in [5.41, 5.74) is 0. The lowest BCUT2D eigenvalue weighted by molar-refractivity contribution is -0.144. The third-order valence-electron chi connectivity index (χ3n) is 9.85. The normalized spacial score (nSPS) is 11.7. The molecule has 1 amide bonds. The summed E-state index contributed by atoms with van der Waals surface area (Å²) in [7, 11) is 0. The summed E-state index contributed by atoms with van der Waals surface area (Å²) < 4.78 is 21.8. The van der Waals surface area contributed by atoms with E-state index in [9.17, 15) is 33.9 Å². The Morgan fingerprint density at radius 2 is 0.877 bits per heavy atom. The number of carboxylic acid groups (broad SMARTS) is 2. The van der Waals surface area contributed by atoms with Crippen LogP contribution >= 0.6 is 0 Å². The number of rotatable bonds is 46. The van der Waals surface area contributed by atoms with Crippen LogP contribution < -0.4 is 5.32 Å². The highest BCUT2D eigenvalue weighted by Gasteiger charge is 2.20. The maximum Gasteiger partial charge on any atom is 0.306 e. The maximum atomic E-state index is 12.4. The second-order valence-electron chi connectivity index (χ2n) is 15.1. The summed E-state index contributed by atoms with van der Waals surface area (Å²) in [6.07, 6.45) is 21.6. The van der Waals surface area contributed by atoms with Gasteiger partial charge in [-0.05, 0) is 38.5 Å². The molecular formula is C44H79NO12. The van der Waals surface area contributed by atoms with Gasteiger partial charge in [0, 0.05) is 71.1 Å². The number of ether oxygens (including phenoxy) is 4. The fourth-order valence-electron chi connectivity index (χ4n) is 6.28. The molecule has 0 aliphatic carbocycles. The van der Waals surface area contributed by atoms with Crippen LogP contribution in [-0.2, 0) is 47.7 Å². The molecule has 0 bridgehead atoms. The standard InChI is InChI=1S/C44H79NO12/c1-2-39(46)23-19-29-54-33-35-56-31-26-40(47)24-20-30-55-34-36-57-32-27-42(49)45-28-18-17-21-38(44(52)53)37-41(48)22-15-13-11-9-7-5-3-4-6-8-10-12-14-16-25-43(50)51/h38H,2-37H2,1H3,(H,45,49)(H,50,51)(H,52,53). The van der Waals surface area contributed by atoms with E-state index >= 15 is 0 Å². The molecule has 0 aliphatic rings. The molecular weight excluding hydrogens is 734 g/mol. The van der Waals surface area contributed by atoms with E-state index in [1.807, 2.05) is 6.92 Å². The van der Waals surface area contributed by atoms with E-state index in [0.29, 0.717) is 111 Å². The van der Waals surface area contributed by atoms with Gasteiger partial charge in [-0.2, -0.15) is 0 Å². The molecule has 1 unspecified atom stereocenters. The first kappa shape index (κ1) is 54.3. The van der Waals surface area contributed by atoms with Gasteiger partial charge in [0.05, 0.1) is 45.6 Å². The van der Waals surface area contributed by atoms with Crippen LogP contribution in [0.2, 0.25) is 0 Å². The van der Waals surface area contributed by atoms with Crippen LogP contribution in [0.15, 0.2) is 0 Å². The quantitative estimate of drug-likeness (QED) is 0.0500. The molecule has 57 heavy (non-hydrogen) atoms. The molecule has 13 nitrogen and oxygen atoms in total. The molecule has 0 aromatic heterocycles. The first-order valence-electron chi connectivity index (χ1n) is 22.2. The fraction of sp³-hybridized carbons (Fsp3) is 0.864. The third-order valence-corrected chi connectivity index (χ3v) is 9.85. The predicted octanol–water partition coefficient (Wildman–Crippen LogP) is 8.21. The van der Waals surface area contributed by atoms with Gasteiger partial charge in [0.2, 0.25) is 5.91 Å². The number of carbonyl (C=O) groups is 6. The van der Waals surface area contributed by atoms with E-state index in [1.54, 1.807) is 0 Å². The summed E-state index contributed by atoms with van der Waals surface area (Å²) in [5.74, 6) is -2.08. The molecule has 332 valence electrons. The summed E-state index contributed by atoms with van der Waals surface area (Å²) in [5, 5.41) is 21.1. The van der Waals surface area contributed by atoms with Crippen molar-refractivity contribution in [3.05, 3.63) is 0 Å². The van der Waals surface area contributed by atoms with Gasteiger partial charge in [-0.15, -0.1) is 0 Å². The lowest BCUT2D eigenvalue weighted by Gasteiger charge is -2.12. The summed E-state index contributed by atoms with van der Waals surface area (Å²) in [6, 6.07) is 0. The first-order valence-corrected chi connectivity index (χ1v) is 22.2. The number of Topliss-reactive ketones (excluding diaryl/α,β-unsaturated/α-hetero) is 3. The van der Waals surface area contributed by atoms with Crippen LogP contribution in [-0.4, -0.2) is 105 Å². The van der Waals surface area contributed by atoms with Crippen LogP contribution in [0, 0.1) is 5.92 Å². The van der Waals surface area contributed by atoms with Gasteiger partial charge in [0.25, 0.3) is 0 Å². The molecule has 3 N–H and O–H groups in total. The summed E-state index contributed by atoms with van der Waals surface area (Å²) in [6.45, 7) is 5.52. The lowest BCUT2D eigenvalue weighted by atomic mass is 9.94. The molecule has 1 atom stereocenters. The second kappa shape index (κ2) is 41.4. The van der Waals surface area contributed by atoms with Crippen molar-refractivity contribution in [2.75, 3.05) is 59.4 Å². The molecule has 0 fully saturated rings. The number of amides is 1. The lowest BCUT2D eigenvalue weighted by Crippen LogP contribution is -2.26. The zero-order chi connectivity index (χ0) is 42.0. The Balaban J connectivity index is 3.59. The first-order chi connectivity index (χ1) is 27.6. The van der Waals surface area contributed by atoms with Crippen LogP contribution in [0.5, 0.6) is 0 Å². The summed E-state index contributed by atoms with van der Waals surface area (Å²) >= 11 is 0. The topological polar surface area (TPSA) is 192 Å². The SMILES string of the molecule is CCC(=O)CCCOCCOCCC(=O)CCCOCCOCCC(=O)NCCCCC(CC(=O)CCCCCCCCCCCCCCCCC(=O)O)C(=O)O. The molecule has 0 aliphatic heterocycles. The van der Waals surface area contributed by atoms with Crippen molar-refractivity contribution >= 4 is 35.2 Å². The minimum absolute atomic E-state index is 0.0170. The Bertz CT molecular complexity index is 1040. The minimum atomic E-state index is -0.938. The number of ketones is 3. The van der Waals surface area contributed by atoms with Gasteiger partial charge in [0.15, 0.2) is 0 Å². The molecule has 0 radical (unpaired) electrons. The van der Waals surface area contributed by atoms with Crippen molar-refractivity contribution in [2.45, 2.75) is 180 Å². The average molecular weight is 814 g/mol. The Labute approximate surface area is 343 Å². The predicted molar refractivity (Wildman–Crippen MR) is 220 cm³/mol. The van der Waals surface area contributed by atoms with E-state index in [0.717, 1.165) is 44.9 Å². The van der Waals surface area contributed by atoms with Gasteiger partial charge < -0.3 is 34.5 Å². The van der Waals surface area contributed by atoms with Crippen LogP contribution in [0.4, 0.5) is 0 Å². The number of hydrogen-bond acceptors (Lipinski definition) is 10. The summed E-state index contributed by atoms with van der Waals surface area (Å²) in [4.78, 5) is 70.0. The molecule has 0 saturated carbocycles. The molecule has 13 heteroatoms. The fourth-order valence-corrected chi connectivity index (χ4v) is 6.28. The van der Waals surface area contributed by atoms with Crippen molar-refractivity contribution < 1.29 is 57.9 Å². The third kappa shape index (κ3) is 41.2. The number of unbranched alkanes of at least 4 members (excludes halogenated alkanes) is 14. The number of nitrogens with one attached hydrogen (secondary N) is 1. The maximum absolute atomic E-state index is 12.4. The van der Waals surface area contributed by atoms with Crippen LogP contribution in [0.1, 0.15) is 180 Å². The molecule has 0 spiro atoms. The second-order valence-corrected chi connectivity index (χ2v) is 15.1. The highest BCUT2D eigenvalue weighted by atomic mass is 16.5. The Hall–Kier alpha value is -2.74. The van der Waals surface area contributed by atoms with Crippen molar-refractivity contribution in [1.29, 1.82) is 0 Å². The zero-order valence-electron chi connectivity index (χ0n) is 35.5. The highest BCUT2D eigenvalue weighted by Crippen LogP contribution is 2.17. The number of carbonyl (C=O) groups excluding carboxylic acids is 4. The monoisotopic (exact) mass is 814 g/mol. The van der Waals surface area contributed by atoms with E-state index in [4.69, 9.17) is 24.1 Å². The van der Waals surface area contributed by atoms with Crippen LogP contribution in [0.3, 0.4) is 0 Å². The zero-order valence-corrected chi connectivity index (χ0v) is 35.5. The van der Waals surface area contributed by atoms with E-state index in [-0.39, 0.29) is 49.1 Å². The van der Waals surface area contributed by atoms with E-state index in [2.05, 4.69) is 5.32 Å². The molecule has 0 saturated heterocycles.